The van der Waals surface area contributed by atoms with E-state index in [1.165, 1.54) is 11.8 Å². The van der Waals surface area contributed by atoms with E-state index in [1.807, 2.05) is 0 Å². The fraction of sp³-hybridized carbons (Fsp3) is 0.433. The molecular weight excluding hydrogens is 725 g/mol. The van der Waals surface area contributed by atoms with Crippen LogP contribution in [0.5, 0.6) is 0 Å². The average Bonchev–Trinajstić information content (AvgIpc) is 3.02. The summed E-state index contributed by atoms with van der Waals surface area (Å²) in [7, 11) is 0. The van der Waals surface area contributed by atoms with Crippen molar-refractivity contribution in [1.29, 1.82) is 0 Å². The number of alkyl halides is 3. The molecule has 0 radical (unpaired) electrons. The van der Waals surface area contributed by atoms with E-state index in [-0.39, 0.29) is 23.9 Å². The third-order valence-corrected chi connectivity index (χ3v) is 7.60. The van der Waals surface area contributed by atoms with E-state index in [1.54, 1.807) is 6.26 Å². The topological polar surface area (TPSA) is 293 Å². The Kier molecular flexibility index (Phi) is 15.6. The number of hydrogen-bond acceptors (Lipinski definition) is 11. The van der Waals surface area contributed by atoms with Crippen LogP contribution in [0.25, 0.3) is 11.0 Å². The van der Waals surface area contributed by atoms with Crippen LogP contribution >= 0.6 is 11.8 Å². The molecule has 0 saturated heterocycles. The van der Waals surface area contributed by atoms with Crippen molar-refractivity contribution >= 4 is 75.8 Å². The minimum absolute atomic E-state index is 0.116. The predicted octanol–water partition coefficient (Wildman–Crippen LogP) is -0.323. The SMILES string of the molecule is CSCCC(NC(=O)C(CCC(N)=O)NC(=O)C(CC(=O)O)NC(C)=O)C(=O)NC(CC(=O)O)C(=O)Nc1ccc2c(C(F)(F)F)cc(=O)oc2c1. The van der Waals surface area contributed by atoms with Crippen LogP contribution < -0.4 is 37.9 Å². The first-order chi connectivity index (χ1) is 24.2. The summed E-state index contributed by atoms with van der Waals surface area (Å²) < 4.78 is 45.1. The van der Waals surface area contributed by atoms with Crippen molar-refractivity contribution in [3.8, 4) is 0 Å². The number of nitrogens with one attached hydrogen (secondary N) is 5. The fourth-order valence-corrected chi connectivity index (χ4v) is 5.07. The number of anilines is 1. The number of carbonyl (C=O) groups excluding carboxylic acids is 6. The van der Waals surface area contributed by atoms with Crippen LogP contribution in [-0.4, -0.2) is 93.8 Å². The Morgan fingerprint density at radius 3 is 1.83 bits per heavy atom. The van der Waals surface area contributed by atoms with Gasteiger partial charge in [0, 0.05) is 36.6 Å². The van der Waals surface area contributed by atoms with Gasteiger partial charge in [0.2, 0.25) is 35.4 Å². The second kappa shape index (κ2) is 19.1. The first-order valence-electron chi connectivity index (χ1n) is 15.1. The number of primary amides is 1. The molecule has 0 spiro atoms. The molecule has 284 valence electrons. The lowest BCUT2D eigenvalue weighted by molar-refractivity contribution is -0.141. The largest absolute Gasteiger partial charge is 0.481 e. The molecule has 4 unspecified atom stereocenters. The van der Waals surface area contributed by atoms with Crippen LogP contribution in [0.1, 0.15) is 44.6 Å². The normalized spacial score (nSPS) is 13.5. The van der Waals surface area contributed by atoms with Crippen molar-refractivity contribution < 1.29 is 66.2 Å². The maximum atomic E-state index is 13.4. The van der Waals surface area contributed by atoms with Crippen LogP contribution in [0.2, 0.25) is 0 Å². The summed E-state index contributed by atoms with van der Waals surface area (Å²) in [5.41, 5.74) is 1.77. The van der Waals surface area contributed by atoms with E-state index in [9.17, 15) is 61.4 Å². The molecule has 18 nitrogen and oxygen atoms in total. The fourth-order valence-electron chi connectivity index (χ4n) is 4.59. The number of hydrogen-bond donors (Lipinski definition) is 8. The van der Waals surface area contributed by atoms with Crippen LogP contribution in [0, 0.1) is 0 Å². The van der Waals surface area contributed by atoms with Gasteiger partial charge in [0.1, 0.15) is 29.8 Å². The minimum Gasteiger partial charge on any atom is -0.481 e. The van der Waals surface area contributed by atoms with Gasteiger partial charge < -0.3 is 46.9 Å². The summed E-state index contributed by atoms with van der Waals surface area (Å²) >= 11 is 1.23. The van der Waals surface area contributed by atoms with E-state index < -0.39 is 126 Å². The molecule has 0 saturated carbocycles. The van der Waals surface area contributed by atoms with Gasteiger partial charge in [-0.3, -0.25) is 38.4 Å². The molecule has 22 heteroatoms. The number of carboxylic acid groups (broad SMARTS) is 2. The molecule has 0 fully saturated rings. The summed E-state index contributed by atoms with van der Waals surface area (Å²) in [6, 6.07) is -3.48. The van der Waals surface area contributed by atoms with Crippen LogP contribution in [0.3, 0.4) is 0 Å². The third-order valence-electron chi connectivity index (χ3n) is 6.96. The van der Waals surface area contributed by atoms with Crippen molar-refractivity contribution in [3.63, 3.8) is 0 Å². The van der Waals surface area contributed by atoms with Crippen LogP contribution in [0.15, 0.2) is 33.5 Å². The van der Waals surface area contributed by atoms with E-state index >= 15 is 0 Å². The molecule has 1 aromatic carbocycles. The number of amides is 6. The molecule has 4 atom stereocenters. The zero-order valence-corrected chi connectivity index (χ0v) is 28.3. The van der Waals surface area contributed by atoms with Gasteiger partial charge in [-0.2, -0.15) is 24.9 Å². The Labute approximate surface area is 295 Å². The minimum atomic E-state index is -4.92. The lowest BCUT2D eigenvalue weighted by Crippen LogP contribution is -2.58. The summed E-state index contributed by atoms with van der Waals surface area (Å²) in [4.78, 5) is 110. The van der Waals surface area contributed by atoms with Crippen molar-refractivity contribution in [2.75, 3.05) is 17.3 Å². The van der Waals surface area contributed by atoms with Crippen molar-refractivity contribution in [2.24, 2.45) is 5.73 Å². The summed E-state index contributed by atoms with van der Waals surface area (Å²) in [5.74, 6) is -8.88. The molecule has 1 aromatic heterocycles. The summed E-state index contributed by atoms with van der Waals surface area (Å²) in [5, 5.41) is 29.2. The van der Waals surface area contributed by atoms with Crippen molar-refractivity contribution in [1.82, 2.24) is 21.3 Å². The average molecular weight is 761 g/mol. The second-order valence-corrected chi connectivity index (χ2v) is 12.1. The Balaban J connectivity index is 2.33. The standard InChI is InChI=1S/C30H35F3N6O12S/c1-13(40)35-19(11-23(42)43)29(50)37-17(5-6-22(34)41)26(47)38-18(7-8-52-2)27(48)39-20(12-24(44)45)28(49)36-14-3-4-15-16(30(31,32)33)10-25(46)51-21(15)9-14/h3-4,9-10,17-20H,5-8,11-12H2,1-2H3,(H2,34,41)(H,35,40)(H,36,49)(H,37,50)(H,38,47)(H,39,48)(H,42,43)(H,44,45). The quantitative estimate of drug-likeness (QED) is 0.0853. The lowest BCUT2D eigenvalue weighted by atomic mass is 10.1. The first-order valence-corrected chi connectivity index (χ1v) is 16.5. The third kappa shape index (κ3) is 13.6. The summed E-state index contributed by atoms with van der Waals surface area (Å²) in [6.07, 6.45) is -6.14. The number of rotatable bonds is 19. The van der Waals surface area contributed by atoms with Gasteiger partial charge in [0.05, 0.1) is 18.4 Å². The molecule has 52 heavy (non-hydrogen) atoms. The van der Waals surface area contributed by atoms with Crippen LogP contribution in [0.4, 0.5) is 18.9 Å². The van der Waals surface area contributed by atoms with E-state index in [2.05, 4.69) is 26.6 Å². The van der Waals surface area contributed by atoms with Gasteiger partial charge in [-0.25, -0.2) is 4.79 Å². The highest BCUT2D eigenvalue weighted by atomic mass is 32.2. The highest BCUT2D eigenvalue weighted by Crippen LogP contribution is 2.34. The Bertz CT molecular complexity index is 1750. The molecule has 9 N–H and O–H groups in total. The highest BCUT2D eigenvalue weighted by Gasteiger charge is 2.35. The Hall–Kier alpha value is -5.67. The molecule has 6 amide bonds. The van der Waals surface area contributed by atoms with Crippen molar-refractivity contribution in [2.45, 2.75) is 69.4 Å². The van der Waals surface area contributed by atoms with Crippen LogP contribution in [-0.2, 0) is 44.5 Å². The Morgan fingerprint density at radius 2 is 1.33 bits per heavy atom. The van der Waals surface area contributed by atoms with Gasteiger partial charge in [-0.15, -0.1) is 0 Å². The van der Waals surface area contributed by atoms with Gasteiger partial charge >= 0.3 is 23.7 Å². The molecule has 0 bridgehead atoms. The van der Waals surface area contributed by atoms with Gasteiger partial charge in [0.15, 0.2) is 0 Å². The highest BCUT2D eigenvalue weighted by molar-refractivity contribution is 7.98. The maximum absolute atomic E-state index is 13.4. The number of carboxylic acids is 2. The zero-order valence-electron chi connectivity index (χ0n) is 27.5. The van der Waals surface area contributed by atoms with E-state index in [4.69, 9.17) is 15.3 Å². The van der Waals surface area contributed by atoms with Gasteiger partial charge in [-0.05, 0) is 37.0 Å². The molecular formula is C30H35F3N6O12S. The molecule has 2 aromatic rings. The van der Waals surface area contributed by atoms with Gasteiger partial charge in [-0.1, -0.05) is 0 Å². The number of halogens is 3. The van der Waals surface area contributed by atoms with Crippen molar-refractivity contribution in [3.05, 3.63) is 40.2 Å². The number of benzene rings is 1. The molecule has 0 aliphatic rings. The first kappa shape index (κ1) is 42.5. The number of carbonyl (C=O) groups is 8. The molecule has 1 heterocycles. The van der Waals surface area contributed by atoms with E-state index in [0.717, 1.165) is 25.1 Å². The zero-order chi connectivity index (χ0) is 39.3. The number of aliphatic carboxylic acids is 2. The summed E-state index contributed by atoms with van der Waals surface area (Å²) in [6.45, 7) is 1.01. The molecule has 0 aliphatic carbocycles. The molecule has 2 rings (SSSR count). The predicted molar refractivity (Wildman–Crippen MR) is 175 cm³/mol. The number of fused-ring (bicyclic) bond motifs is 1. The molecule has 0 aliphatic heterocycles. The lowest BCUT2D eigenvalue weighted by Gasteiger charge is -2.26. The smallest absolute Gasteiger partial charge is 0.417 e. The maximum Gasteiger partial charge on any atom is 0.417 e. The Morgan fingerprint density at radius 1 is 0.808 bits per heavy atom. The number of thioether (sulfide) groups is 1. The van der Waals surface area contributed by atoms with E-state index in [0.29, 0.717) is 0 Å². The van der Waals surface area contributed by atoms with Gasteiger partial charge in [0.25, 0.3) is 0 Å². The second-order valence-electron chi connectivity index (χ2n) is 11.1. The monoisotopic (exact) mass is 760 g/mol. The number of nitrogens with two attached hydrogens (primary N) is 1.